The lowest BCUT2D eigenvalue weighted by Crippen LogP contribution is -2.30. The smallest absolute Gasteiger partial charge is 0.257 e. The molecular weight excluding hydrogens is 341 g/mol. The molecule has 0 unspecified atom stereocenters. The van der Waals surface area contributed by atoms with Crippen LogP contribution in [0.3, 0.4) is 0 Å². The van der Waals surface area contributed by atoms with E-state index in [1.807, 2.05) is 0 Å². The molecule has 0 saturated carbocycles. The molecule has 0 heterocycles. The lowest BCUT2D eigenvalue weighted by atomic mass is 10.3. The first-order chi connectivity index (χ1) is 10.1. The number of ether oxygens (including phenoxy) is 2. The number of halogens is 2. The third-order valence-electron chi connectivity index (χ3n) is 2.68. The van der Waals surface area contributed by atoms with Gasteiger partial charge in [-0.05, 0) is 31.0 Å². The number of amides is 1. The van der Waals surface area contributed by atoms with Gasteiger partial charge in [0.25, 0.3) is 5.91 Å². The Labute approximate surface area is 133 Å². The minimum Gasteiger partial charge on any atom is -0.481 e. The first-order valence-electron chi connectivity index (χ1n) is 7.05. The van der Waals surface area contributed by atoms with Crippen molar-refractivity contribution in [3.8, 4) is 5.75 Å². The highest BCUT2D eigenvalue weighted by atomic mass is 79.9. The molecule has 0 aliphatic carbocycles. The molecule has 0 fully saturated rings. The van der Waals surface area contributed by atoms with Gasteiger partial charge in [0.15, 0.2) is 18.2 Å². The lowest BCUT2D eigenvalue weighted by Gasteiger charge is -2.08. The van der Waals surface area contributed by atoms with Crippen molar-refractivity contribution in [2.24, 2.45) is 0 Å². The summed E-state index contributed by atoms with van der Waals surface area (Å²) in [5.41, 5.74) is 0. The second-order valence-corrected chi connectivity index (χ2v) is 5.45. The van der Waals surface area contributed by atoms with Crippen molar-refractivity contribution in [1.82, 2.24) is 5.32 Å². The predicted octanol–water partition coefficient (Wildman–Crippen LogP) is 3.29. The summed E-state index contributed by atoms with van der Waals surface area (Å²) in [5, 5.41) is 2.70. The number of benzene rings is 1. The molecule has 0 aliphatic rings. The second-order valence-electron chi connectivity index (χ2n) is 4.53. The van der Waals surface area contributed by atoms with Gasteiger partial charge in [0.1, 0.15) is 0 Å². The topological polar surface area (TPSA) is 47.6 Å². The molecule has 1 amide bonds. The number of unbranched alkanes of at least 4 members (excludes halogenated alkanes) is 1. The van der Waals surface area contributed by atoms with Gasteiger partial charge in [-0.25, -0.2) is 4.39 Å². The van der Waals surface area contributed by atoms with Crippen molar-refractivity contribution in [1.29, 1.82) is 0 Å². The van der Waals surface area contributed by atoms with Gasteiger partial charge in [-0.15, -0.1) is 0 Å². The fourth-order valence-corrected chi connectivity index (χ4v) is 1.87. The zero-order chi connectivity index (χ0) is 15.5. The number of hydrogen-bond acceptors (Lipinski definition) is 3. The maximum atomic E-state index is 13.5. The third-order valence-corrected chi connectivity index (χ3v) is 3.18. The Bertz CT molecular complexity index is 443. The van der Waals surface area contributed by atoms with Crippen LogP contribution in [-0.4, -0.2) is 32.3 Å². The van der Waals surface area contributed by atoms with Crippen LogP contribution in [-0.2, 0) is 9.53 Å². The van der Waals surface area contributed by atoms with E-state index in [9.17, 15) is 9.18 Å². The van der Waals surface area contributed by atoms with Crippen molar-refractivity contribution in [2.45, 2.75) is 26.2 Å². The van der Waals surface area contributed by atoms with Crippen LogP contribution in [0.25, 0.3) is 0 Å². The summed E-state index contributed by atoms with van der Waals surface area (Å²) < 4.78 is 24.6. The number of hydrogen-bond donors (Lipinski definition) is 1. The zero-order valence-corrected chi connectivity index (χ0v) is 13.7. The predicted molar refractivity (Wildman–Crippen MR) is 82.9 cm³/mol. The van der Waals surface area contributed by atoms with Crippen molar-refractivity contribution in [3.05, 3.63) is 28.5 Å². The van der Waals surface area contributed by atoms with E-state index >= 15 is 0 Å². The van der Waals surface area contributed by atoms with Gasteiger partial charge in [-0.2, -0.15) is 0 Å². The molecule has 0 bridgehead atoms. The van der Waals surface area contributed by atoms with E-state index in [-0.39, 0.29) is 18.3 Å². The van der Waals surface area contributed by atoms with E-state index in [2.05, 4.69) is 28.2 Å². The fraction of sp³-hybridized carbons (Fsp3) is 0.533. The van der Waals surface area contributed by atoms with Crippen LogP contribution in [0.2, 0.25) is 0 Å². The first kappa shape index (κ1) is 17.9. The van der Waals surface area contributed by atoms with Gasteiger partial charge >= 0.3 is 0 Å². The average Bonchev–Trinajstić information content (AvgIpc) is 2.45. The Balaban J connectivity index is 2.11. The van der Waals surface area contributed by atoms with Crippen molar-refractivity contribution in [3.63, 3.8) is 0 Å². The van der Waals surface area contributed by atoms with Crippen LogP contribution in [0.15, 0.2) is 22.7 Å². The van der Waals surface area contributed by atoms with E-state index in [0.29, 0.717) is 17.6 Å². The van der Waals surface area contributed by atoms with E-state index < -0.39 is 5.82 Å². The summed E-state index contributed by atoms with van der Waals surface area (Å²) in [6, 6.07) is 4.43. The van der Waals surface area contributed by atoms with Crippen molar-refractivity contribution in [2.75, 3.05) is 26.4 Å². The summed E-state index contributed by atoms with van der Waals surface area (Å²) in [5.74, 6) is -0.705. The number of rotatable bonds is 10. The zero-order valence-electron chi connectivity index (χ0n) is 12.2. The van der Waals surface area contributed by atoms with E-state index in [1.54, 1.807) is 6.07 Å². The van der Waals surface area contributed by atoms with Crippen LogP contribution in [0, 0.1) is 5.82 Å². The molecule has 1 aromatic carbocycles. The first-order valence-corrected chi connectivity index (χ1v) is 7.85. The summed E-state index contributed by atoms with van der Waals surface area (Å²) in [6.45, 7) is 3.82. The average molecular weight is 362 g/mol. The molecule has 6 heteroatoms. The van der Waals surface area contributed by atoms with Crippen molar-refractivity contribution >= 4 is 21.8 Å². The Hall–Kier alpha value is -1.14. The van der Waals surface area contributed by atoms with Gasteiger partial charge in [0, 0.05) is 24.2 Å². The van der Waals surface area contributed by atoms with Gasteiger partial charge in [0.05, 0.1) is 0 Å². The molecule has 0 aromatic heterocycles. The number of carbonyl (C=O) groups is 1. The van der Waals surface area contributed by atoms with Crippen LogP contribution in [0.5, 0.6) is 5.75 Å². The molecule has 1 N–H and O–H groups in total. The monoisotopic (exact) mass is 361 g/mol. The van der Waals surface area contributed by atoms with E-state index in [4.69, 9.17) is 9.47 Å². The molecule has 0 radical (unpaired) electrons. The van der Waals surface area contributed by atoms with Gasteiger partial charge in [0.2, 0.25) is 0 Å². The van der Waals surface area contributed by atoms with Gasteiger partial charge < -0.3 is 14.8 Å². The second kappa shape index (κ2) is 10.6. The normalized spacial score (nSPS) is 10.4. The van der Waals surface area contributed by atoms with Crippen LogP contribution in [0.1, 0.15) is 26.2 Å². The lowest BCUT2D eigenvalue weighted by molar-refractivity contribution is -0.123. The highest BCUT2D eigenvalue weighted by Crippen LogP contribution is 2.21. The Morgan fingerprint density at radius 2 is 2.10 bits per heavy atom. The molecule has 0 spiro atoms. The molecule has 0 atom stereocenters. The maximum absolute atomic E-state index is 13.5. The maximum Gasteiger partial charge on any atom is 0.257 e. The Morgan fingerprint density at radius 1 is 1.33 bits per heavy atom. The number of nitrogens with one attached hydrogen (secondary N) is 1. The van der Waals surface area contributed by atoms with Crippen LogP contribution in [0.4, 0.5) is 4.39 Å². The highest BCUT2D eigenvalue weighted by molar-refractivity contribution is 9.10. The van der Waals surface area contributed by atoms with Crippen LogP contribution >= 0.6 is 15.9 Å². The minimum absolute atomic E-state index is 0.0660. The SMILES string of the molecule is CCCCOCCCNC(=O)COc1ccc(Br)cc1F. The molecule has 118 valence electrons. The molecule has 4 nitrogen and oxygen atoms in total. The quantitative estimate of drug-likeness (QED) is 0.650. The molecule has 1 aromatic rings. The largest absolute Gasteiger partial charge is 0.481 e. The standard InChI is InChI=1S/C15H21BrFNO3/c1-2-3-8-20-9-4-7-18-15(19)11-21-14-6-5-12(16)10-13(14)17/h5-6,10H,2-4,7-9,11H2,1H3,(H,18,19). The van der Waals surface area contributed by atoms with E-state index in [1.165, 1.54) is 12.1 Å². The summed E-state index contributed by atoms with van der Waals surface area (Å²) >= 11 is 3.15. The fourth-order valence-electron chi connectivity index (χ4n) is 1.54. The van der Waals surface area contributed by atoms with Gasteiger partial charge in [-0.3, -0.25) is 4.79 Å². The Morgan fingerprint density at radius 3 is 2.81 bits per heavy atom. The van der Waals surface area contributed by atoms with Crippen LogP contribution < -0.4 is 10.1 Å². The molecule has 0 saturated heterocycles. The summed E-state index contributed by atoms with van der Waals surface area (Å²) in [6.07, 6.45) is 2.92. The molecule has 0 aliphatic heterocycles. The van der Waals surface area contributed by atoms with Crippen molar-refractivity contribution < 1.29 is 18.7 Å². The van der Waals surface area contributed by atoms with E-state index in [0.717, 1.165) is 25.9 Å². The molecule has 1 rings (SSSR count). The highest BCUT2D eigenvalue weighted by Gasteiger charge is 2.07. The Kier molecular flexibility index (Phi) is 9.01. The molecule has 21 heavy (non-hydrogen) atoms. The third kappa shape index (κ3) is 8.02. The number of carbonyl (C=O) groups excluding carboxylic acids is 1. The minimum atomic E-state index is -0.499. The summed E-state index contributed by atoms with van der Waals surface area (Å²) in [4.78, 5) is 11.5. The van der Waals surface area contributed by atoms with Gasteiger partial charge in [-0.1, -0.05) is 29.3 Å². The summed E-state index contributed by atoms with van der Waals surface area (Å²) in [7, 11) is 0. The molecular formula is C15H21BrFNO3.